The van der Waals surface area contributed by atoms with E-state index in [4.69, 9.17) is 0 Å². The molecule has 1 aromatic rings. The molecule has 0 amide bonds. The molecule has 0 aliphatic carbocycles. The van der Waals surface area contributed by atoms with Crippen molar-refractivity contribution in [2.45, 2.75) is 73.3 Å². The Morgan fingerprint density at radius 1 is 0.905 bits per heavy atom. The van der Waals surface area contributed by atoms with Crippen molar-refractivity contribution >= 4 is 0 Å². The highest BCUT2D eigenvalue weighted by Crippen LogP contribution is 2.40. The van der Waals surface area contributed by atoms with Gasteiger partial charge in [-0.2, -0.15) is 0 Å². The monoisotopic (exact) mass is 290 g/mol. The molecular formula is C20H34O. The highest BCUT2D eigenvalue weighted by Gasteiger charge is 2.29. The van der Waals surface area contributed by atoms with Crippen LogP contribution in [0, 0.1) is 17.3 Å². The third-order valence-electron chi connectivity index (χ3n) is 4.77. The largest absolute Gasteiger partial charge is 0.385 e. The second-order valence-electron chi connectivity index (χ2n) is 8.47. The first-order valence-corrected chi connectivity index (χ1v) is 8.29. The molecule has 0 saturated heterocycles. The summed E-state index contributed by atoms with van der Waals surface area (Å²) >= 11 is 0. The molecule has 2 unspecified atom stereocenters. The molecule has 0 spiro atoms. The van der Waals surface area contributed by atoms with Gasteiger partial charge in [0.15, 0.2) is 0 Å². The van der Waals surface area contributed by atoms with Crippen molar-refractivity contribution < 1.29 is 5.11 Å². The summed E-state index contributed by atoms with van der Waals surface area (Å²) < 4.78 is 0. The normalized spacial score (nSPS) is 17.1. The molecule has 0 aliphatic heterocycles. The summed E-state index contributed by atoms with van der Waals surface area (Å²) in [6.45, 7) is 17.6. The van der Waals surface area contributed by atoms with Crippen LogP contribution >= 0.6 is 0 Å². The lowest BCUT2D eigenvalue weighted by atomic mass is 9.72. The Kier molecular flexibility index (Phi) is 5.66. The first-order valence-electron chi connectivity index (χ1n) is 8.29. The van der Waals surface area contributed by atoms with Gasteiger partial charge in [0.05, 0.1) is 5.60 Å². The molecule has 0 fully saturated rings. The molecule has 21 heavy (non-hydrogen) atoms. The van der Waals surface area contributed by atoms with Crippen LogP contribution in [-0.2, 0) is 5.60 Å². The smallest absolute Gasteiger partial charge is 0.0891 e. The van der Waals surface area contributed by atoms with Crippen LogP contribution in [0.3, 0.4) is 0 Å². The maximum atomic E-state index is 10.6. The second-order valence-corrected chi connectivity index (χ2v) is 8.47. The van der Waals surface area contributed by atoms with Crippen molar-refractivity contribution in [3.05, 3.63) is 35.4 Å². The van der Waals surface area contributed by atoms with Crippen LogP contribution in [0.25, 0.3) is 0 Å². The standard InChI is InChI=1S/C20H34O/c1-14(2)13-18(19(5,6)7)16-9-11-17(12-10-16)20(8,21)15(3)4/h9-12,14-15,18,21H,13H2,1-8H3. The molecule has 0 aromatic heterocycles. The van der Waals surface area contributed by atoms with Gasteiger partial charge in [-0.3, -0.25) is 0 Å². The van der Waals surface area contributed by atoms with E-state index in [9.17, 15) is 5.11 Å². The van der Waals surface area contributed by atoms with Gasteiger partial charge in [-0.15, -0.1) is 0 Å². The Bertz CT molecular complexity index is 432. The number of rotatable bonds is 5. The fourth-order valence-corrected chi connectivity index (χ4v) is 2.85. The van der Waals surface area contributed by atoms with E-state index in [2.05, 4.69) is 72.7 Å². The molecular weight excluding hydrogens is 256 g/mol. The molecule has 1 N–H and O–H groups in total. The molecule has 0 bridgehead atoms. The van der Waals surface area contributed by atoms with E-state index in [-0.39, 0.29) is 11.3 Å². The summed E-state index contributed by atoms with van der Waals surface area (Å²) in [4.78, 5) is 0. The summed E-state index contributed by atoms with van der Waals surface area (Å²) in [5.74, 6) is 1.45. The number of hydrogen-bond acceptors (Lipinski definition) is 1. The van der Waals surface area contributed by atoms with Crippen molar-refractivity contribution in [3.8, 4) is 0 Å². The van der Waals surface area contributed by atoms with E-state index >= 15 is 0 Å². The lowest BCUT2D eigenvalue weighted by molar-refractivity contribution is 0.00902. The molecule has 0 radical (unpaired) electrons. The fraction of sp³-hybridized carbons (Fsp3) is 0.700. The predicted octanol–water partition coefficient (Wildman–Crippen LogP) is 5.73. The maximum Gasteiger partial charge on any atom is 0.0891 e. The van der Waals surface area contributed by atoms with Crippen LogP contribution in [0.2, 0.25) is 0 Å². The van der Waals surface area contributed by atoms with Crippen LogP contribution in [0.4, 0.5) is 0 Å². The van der Waals surface area contributed by atoms with Crippen molar-refractivity contribution in [3.63, 3.8) is 0 Å². The quantitative estimate of drug-likeness (QED) is 0.734. The maximum absolute atomic E-state index is 10.6. The average Bonchev–Trinajstić information content (AvgIpc) is 2.34. The molecule has 1 nitrogen and oxygen atoms in total. The topological polar surface area (TPSA) is 20.2 Å². The van der Waals surface area contributed by atoms with Gasteiger partial charge in [0, 0.05) is 0 Å². The number of aliphatic hydroxyl groups is 1. The minimum atomic E-state index is -0.756. The highest BCUT2D eigenvalue weighted by molar-refractivity contribution is 5.30. The summed E-state index contributed by atoms with van der Waals surface area (Å²) in [5.41, 5.74) is 1.90. The van der Waals surface area contributed by atoms with E-state index in [1.165, 1.54) is 12.0 Å². The zero-order valence-corrected chi connectivity index (χ0v) is 15.2. The van der Waals surface area contributed by atoms with Crippen molar-refractivity contribution in [1.82, 2.24) is 0 Å². The van der Waals surface area contributed by atoms with E-state index < -0.39 is 5.60 Å². The number of hydrogen-bond donors (Lipinski definition) is 1. The third-order valence-corrected chi connectivity index (χ3v) is 4.77. The molecule has 120 valence electrons. The van der Waals surface area contributed by atoms with Gasteiger partial charge in [0.25, 0.3) is 0 Å². The lowest BCUT2D eigenvalue weighted by Crippen LogP contribution is -2.28. The summed E-state index contributed by atoms with van der Waals surface area (Å²) in [6, 6.07) is 8.64. The van der Waals surface area contributed by atoms with Crippen LogP contribution < -0.4 is 0 Å². The van der Waals surface area contributed by atoms with Crippen LogP contribution in [0.15, 0.2) is 24.3 Å². The zero-order valence-electron chi connectivity index (χ0n) is 15.2. The van der Waals surface area contributed by atoms with Gasteiger partial charge in [-0.05, 0) is 47.6 Å². The van der Waals surface area contributed by atoms with Gasteiger partial charge in [0.1, 0.15) is 0 Å². The molecule has 1 heteroatoms. The van der Waals surface area contributed by atoms with E-state index in [1.807, 2.05) is 6.92 Å². The first-order chi connectivity index (χ1) is 9.46. The third kappa shape index (κ3) is 4.57. The summed E-state index contributed by atoms with van der Waals surface area (Å²) in [6.07, 6.45) is 1.20. The van der Waals surface area contributed by atoms with Gasteiger partial charge in [-0.25, -0.2) is 0 Å². The SMILES string of the molecule is CC(C)CC(c1ccc(C(C)(O)C(C)C)cc1)C(C)(C)C. The molecule has 1 rings (SSSR count). The molecule has 0 saturated carbocycles. The van der Waals surface area contributed by atoms with E-state index in [1.54, 1.807) is 0 Å². The minimum Gasteiger partial charge on any atom is -0.385 e. The van der Waals surface area contributed by atoms with Gasteiger partial charge < -0.3 is 5.11 Å². The van der Waals surface area contributed by atoms with Crippen LogP contribution in [0.5, 0.6) is 0 Å². The van der Waals surface area contributed by atoms with E-state index in [0.29, 0.717) is 11.8 Å². The van der Waals surface area contributed by atoms with Crippen molar-refractivity contribution in [2.24, 2.45) is 17.3 Å². The summed E-state index contributed by atoms with van der Waals surface area (Å²) in [7, 11) is 0. The van der Waals surface area contributed by atoms with Crippen LogP contribution in [-0.4, -0.2) is 5.11 Å². The fourth-order valence-electron chi connectivity index (χ4n) is 2.85. The first kappa shape index (κ1) is 18.2. The zero-order chi connectivity index (χ0) is 16.4. The van der Waals surface area contributed by atoms with Crippen molar-refractivity contribution in [1.29, 1.82) is 0 Å². The Morgan fingerprint density at radius 2 is 1.38 bits per heavy atom. The van der Waals surface area contributed by atoms with Crippen molar-refractivity contribution in [2.75, 3.05) is 0 Å². The Labute approximate surface area is 131 Å². The minimum absolute atomic E-state index is 0.206. The Balaban J connectivity index is 3.09. The van der Waals surface area contributed by atoms with Gasteiger partial charge in [-0.1, -0.05) is 72.7 Å². The van der Waals surface area contributed by atoms with Gasteiger partial charge in [0.2, 0.25) is 0 Å². The van der Waals surface area contributed by atoms with E-state index in [0.717, 1.165) is 5.56 Å². The Morgan fingerprint density at radius 3 is 1.71 bits per heavy atom. The van der Waals surface area contributed by atoms with Gasteiger partial charge >= 0.3 is 0 Å². The second kappa shape index (κ2) is 6.52. The number of benzene rings is 1. The molecule has 0 heterocycles. The summed E-state index contributed by atoms with van der Waals surface area (Å²) in [5, 5.41) is 10.6. The Hall–Kier alpha value is -0.820. The highest BCUT2D eigenvalue weighted by atomic mass is 16.3. The average molecular weight is 290 g/mol. The predicted molar refractivity (Wildman–Crippen MR) is 92.5 cm³/mol. The molecule has 0 aliphatic rings. The molecule has 1 aromatic carbocycles. The van der Waals surface area contributed by atoms with Crippen LogP contribution in [0.1, 0.15) is 78.9 Å². The lowest BCUT2D eigenvalue weighted by Gasteiger charge is -2.34. The molecule has 2 atom stereocenters.